The van der Waals surface area contributed by atoms with Crippen LogP contribution in [0.5, 0.6) is 0 Å². The van der Waals surface area contributed by atoms with E-state index in [1.54, 1.807) is 0 Å². The van der Waals surface area contributed by atoms with E-state index in [1.165, 1.54) is 6.07 Å². The van der Waals surface area contributed by atoms with Crippen molar-refractivity contribution >= 4 is 15.9 Å². The van der Waals surface area contributed by atoms with Crippen molar-refractivity contribution in [2.75, 3.05) is 13.6 Å². The summed E-state index contributed by atoms with van der Waals surface area (Å²) in [5.41, 5.74) is 6.65. The molecular weight excluding hydrogens is 307 g/mol. The molecule has 2 unspecified atom stereocenters. The van der Waals surface area contributed by atoms with Gasteiger partial charge in [0.15, 0.2) is 0 Å². The summed E-state index contributed by atoms with van der Waals surface area (Å²) in [4.78, 5) is 2.16. The van der Waals surface area contributed by atoms with Crippen LogP contribution in [0.1, 0.15) is 39.3 Å². The monoisotopic (exact) mass is 330 g/mol. The predicted octanol–water partition coefficient (Wildman–Crippen LogP) is 3.95. The second-order valence-corrected chi connectivity index (χ2v) is 7.04. The van der Waals surface area contributed by atoms with E-state index >= 15 is 0 Å². The van der Waals surface area contributed by atoms with Gasteiger partial charge >= 0.3 is 0 Å². The highest BCUT2D eigenvalue weighted by Crippen LogP contribution is 2.31. The van der Waals surface area contributed by atoms with Crippen LogP contribution in [-0.2, 0) is 0 Å². The lowest BCUT2D eigenvalue weighted by Crippen LogP contribution is -2.44. The molecule has 2 nitrogen and oxygen atoms in total. The summed E-state index contributed by atoms with van der Waals surface area (Å²) in [5.74, 6) is -0.210. The minimum atomic E-state index is -0.210. The highest BCUT2D eigenvalue weighted by molar-refractivity contribution is 9.10. The van der Waals surface area contributed by atoms with Gasteiger partial charge in [0.25, 0.3) is 0 Å². The first kappa shape index (κ1) is 16.6. The minimum absolute atomic E-state index is 0.109. The van der Waals surface area contributed by atoms with E-state index in [1.807, 2.05) is 19.2 Å². The molecule has 0 radical (unpaired) electrons. The van der Waals surface area contributed by atoms with Crippen molar-refractivity contribution in [2.45, 2.75) is 39.8 Å². The van der Waals surface area contributed by atoms with Crippen LogP contribution in [0.25, 0.3) is 0 Å². The molecule has 2 atom stereocenters. The van der Waals surface area contributed by atoms with Crippen LogP contribution < -0.4 is 5.73 Å². The third kappa shape index (κ3) is 4.01. The molecule has 4 heteroatoms. The summed E-state index contributed by atoms with van der Waals surface area (Å²) >= 11 is 3.28. The van der Waals surface area contributed by atoms with Gasteiger partial charge in [0, 0.05) is 28.7 Å². The maximum Gasteiger partial charge on any atom is 0.129 e. The van der Waals surface area contributed by atoms with Crippen molar-refractivity contribution in [2.24, 2.45) is 11.1 Å². The Morgan fingerprint density at radius 2 is 1.95 bits per heavy atom. The zero-order chi connectivity index (χ0) is 14.8. The lowest BCUT2D eigenvalue weighted by molar-refractivity contribution is 0.0984. The number of nitrogens with zero attached hydrogens (tertiary/aromatic N) is 1. The Morgan fingerprint density at radius 1 is 1.37 bits per heavy atom. The molecule has 0 aliphatic carbocycles. The van der Waals surface area contributed by atoms with Crippen molar-refractivity contribution in [3.8, 4) is 0 Å². The number of benzene rings is 1. The lowest BCUT2D eigenvalue weighted by Gasteiger charge is -2.40. The molecule has 108 valence electrons. The molecule has 2 N–H and O–H groups in total. The van der Waals surface area contributed by atoms with Crippen molar-refractivity contribution in [3.63, 3.8) is 0 Å². The molecule has 0 aromatic heterocycles. The first-order valence-electron chi connectivity index (χ1n) is 6.55. The van der Waals surface area contributed by atoms with Crippen LogP contribution in [0.4, 0.5) is 4.39 Å². The Balaban J connectivity index is 3.06. The Kier molecular flexibility index (Phi) is 5.53. The molecule has 0 bridgehead atoms. The molecule has 0 amide bonds. The topological polar surface area (TPSA) is 29.3 Å². The molecule has 0 heterocycles. The third-order valence-electron chi connectivity index (χ3n) is 3.90. The number of halogens is 2. The first-order valence-corrected chi connectivity index (χ1v) is 7.34. The van der Waals surface area contributed by atoms with E-state index in [4.69, 9.17) is 5.73 Å². The molecular formula is C15H24BrFN2. The van der Waals surface area contributed by atoms with Crippen LogP contribution >= 0.6 is 15.9 Å². The maximum absolute atomic E-state index is 14.1. The van der Waals surface area contributed by atoms with Gasteiger partial charge in [-0.2, -0.15) is 0 Å². The van der Waals surface area contributed by atoms with Crippen molar-refractivity contribution < 1.29 is 4.39 Å². The number of hydrogen-bond acceptors (Lipinski definition) is 2. The van der Waals surface area contributed by atoms with Gasteiger partial charge in [-0.25, -0.2) is 4.39 Å². The predicted molar refractivity (Wildman–Crippen MR) is 82.6 cm³/mol. The number of rotatable bonds is 4. The van der Waals surface area contributed by atoms with Gasteiger partial charge in [0.05, 0.1) is 0 Å². The van der Waals surface area contributed by atoms with Crippen LogP contribution in [0.3, 0.4) is 0 Å². The summed E-state index contributed by atoms with van der Waals surface area (Å²) in [6.07, 6.45) is 0. The molecule has 0 aliphatic rings. The number of hydrogen-bond donors (Lipinski definition) is 1. The Bertz CT molecular complexity index is 429. The minimum Gasteiger partial charge on any atom is -0.329 e. The van der Waals surface area contributed by atoms with Crippen LogP contribution in [0.15, 0.2) is 22.7 Å². The van der Waals surface area contributed by atoms with Gasteiger partial charge in [-0.15, -0.1) is 0 Å². The van der Waals surface area contributed by atoms with E-state index in [0.717, 1.165) is 4.47 Å². The largest absolute Gasteiger partial charge is 0.329 e. The molecule has 19 heavy (non-hydrogen) atoms. The maximum atomic E-state index is 14.1. The lowest BCUT2D eigenvalue weighted by atomic mass is 9.86. The molecule has 0 saturated carbocycles. The van der Waals surface area contributed by atoms with Gasteiger partial charge in [-0.05, 0) is 31.5 Å². The van der Waals surface area contributed by atoms with Gasteiger partial charge in [0.2, 0.25) is 0 Å². The van der Waals surface area contributed by atoms with Gasteiger partial charge in [0.1, 0.15) is 5.82 Å². The molecule has 1 aromatic rings. The van der Waals surface area contributed by atoms with Crippen molar-refractivity contribution in [3.05, 3.63) is 34.1 Å². The van der Waals surface area contributed by atoms with E-state index < -0.39 is 0 Å². The summed E-state index contributed by atoms with van der Waals surface area (Å²) in [7, 11) is 2.01. The fraction of sp³-hybridized carbons (Fsp3) is 0.600. The van der Waals surface area contributed by atoms with E-state index in [9.17, 15) is 4.39 Å². The number of likely N-dealkylation sites (N-methyl/N-ethyl adjacent to an activating group) is 1. The van der Waals surface area contributed by atoms with E-state index in [2.05, 4.69) is 48.5 Å². The first-order chi connectivity index (χ1) is 8.68. The van der Waals surface area contributed by atoms with Gasteiger partial charge in [-0.3, -0.25) is 4.90 Å². The van der Waals surface area contributed by atoms with Crippen LogP contribution in [-0.4, -0.2) is 24.5 Å². The highest BCUT2D eigenvalue weighted by Gasteiger charge is 2.29. The Labute approximate surface area is 124 Å². The molecule has 0 spiro atoms. The summed E-state index contributed by atoms with van der Waals surface area (Å²) in [6, 6.07) is 5.35. The second-order valence-electron chi connectivity index (χ2n) is 6.12. The summed E-state index contributed by atoms with van der Waals surface area (Å²) in [5, 5.41) is 0. The van der Waals surface area contributed by atoms with Crippen LogP contribution in [0.2, 0.25) is 0 Å². The van der Waals surface area contributed by atoms with E-state index in [0.29, 0.717) is 18.2 Å². The van der Waals surface area contributed by atoms with Crippen molar-refractivity contribution in [1.29, 1.82) is 0 Å². The smallest absolute Gasteiger partial charge is 0.129 e. The zero-order valence-electron chi connectivity index (χ0n) is 12.4. The summed E-state index contributed by atoms with van der Waals surface area (Å²) < 4.78 is 14.8. The molecule has 1 rings (SSSR count). The molecule has 0 saturated heterocycles. The Morgan fingerprint density at radius 3 is 2.37 bits per heavy atom. The second kappa shape index (κ2) is 6.33. The Hall–Kier alpha value is -0.450. The molecule has 0 aliphatic heterocycles. The highest BCUT2D eigenvalue weighted by atomic mass is 79.9. The average molecular weight is 331 g/mol. The SMILES string of the molecule is CC(N(C)C(CN)c1ccc(Br)cc1F)C(C)(C)C. The zero-order valence-corrected chi connectivity index (χ0v) is 14.0. The van der Waals surface area contributed by atoms with E-state index in [-0.39, 0.29) is 17.3 Å². The quantitative estimate of drug-likeness (QED) is 0.905. The fourth-order valence-electron chi connectivity index (χ4n) is 2.17. The summed E-state index contributed by atoms with van der Waals surface area (Å²) in [6.45, 7) is 9.09. The van der Waals surface area contributed by atoms with Gasteiger partial charge < -0.3 is 5.73 Å². The van der Waals surface area contributed by atoms with Crippen LogP contribution in [0, 0.1) is 11.2 Å². The normalized spacial score (nSPS) is 15.6. The fourth-order valence-corrected chi connectivity index (χ4v) is 2.50. The molecule has 1 aromatic carbocycles. The standard InChI is InChI=1S/C15H24BrFN2/c1-10(15(2,3)4)19(5)14(9-18)12-7-6-11(16)8-13(12)17/h6-8,10,14H,9,18H2,1-5H3. The van der Waals surface area contributed by atoms with Gasteiger partial charge in [-0.1, -0.05) is 42.8 Å². The average Bonchev–Trinajstić information content (AvgIpc) is 2.30. The molecule has 0 fully saturated rings. The third-order valence-corrected chi connectivity index (χ3v) is 4.39. The van der Waals surface area contributed by atoms with Crippen molar-refractivity contribution in [1.82, 2.24) is 4.90 Å². The number of nitrogens with two attached hydrogens (primary N) is 1.